The maximum atomic E-state index is 5.87. The molecule has 110 valence electrons. The van der Waals surface area contributed by atoms with Crippen LogP contribution in [0, 0.1) is 0 Å². The minimum atomic E-state index is -0.0756. The summed E-state index contributed by atoms with van der Waals surface area (Å²) in [6.45, 7) is 0. The molecule has 3 heteroatoms. The van der Waals surface area contributed by atoms with Gasteiger partial charge in [0.05, 0.1) is 11.6 Å². The van der Waals surface area contributed by atoms with E-state index >= 15 is 0 Å². The molecule has 0 heterocycles. The van der Waals surface area contributed by atoms with Crippen LogP contribution in [-0.4, -0.2) is 18.8 Å². The quantitative estimate of drug-likeness (QED) is 0.640. The summed E-state index contributed by atoms with van der Waals surface area (Å²) >= 11 is 0. The molecule has 0 radical (unpaired) electrons. The second-order valence-corrected chi connectivity index (χ2v) is 6.36. The van der Waals surface area contributed by atoms with Gasteiger partial charge in [-0.05, 0) is 55.2 Å². The normalized spacial score (nSPS) is 21.9. The molecule has 0 amide bonds. The first kappa shape index (κ1) is 14.1. The summed E-state index contributed by atoms with van der Waals surface area (Å²) in [4.78, 5) is 0. The molecule has 0 aromatic heterocycles. The molecule has 0 saturated heterocycles. The van der Waals surface area contributed by atoms with Crippen LogP contribution in [0.3, 0.4) is 0 Å². The third-order valence-electron chi connectivity index (χ3n) is 5.30. The first-order valence-corrected chi connectivity index (χ1v) is 7.89. The maximum Gasteiger partial charge on any atom is 0.0847 e. The lowest BCUT2D eigenvalue weighted by Crippen LogP contribution is -2.54. The van der Waals surface area contributed by atoms with E-state index in [4.69, 9.17) is 10.6 Å². The third-order valence-corrected chi connectivity index (χ3v) is 5.30. The van der Waals surface area contributed by atoms with Crippen LogP contribution in [-0.2, 0) is 24.0 Å². The molecule has 2 aliphatic rings. The molecule has 0 bridgehead atoms. The van der Waals surface area contributed by atoms with Gasteiger partial charge >= 0.3 is 0 Å². The van der Waals surface area contributed by atoms with Crippen molar-refractivity contribution in [2.24, 2.45) is 5.84 Å². The van der Waals surface area contributed by atoms with Crippen LogP contribution in [0.4, 0.5) is 0 Å². The molecule has 1 aromatic carbocycles. The average Bonchev–Trinajstić information content (AvgIpc) is 3.13. The molecule has 3 nitrogen and oxygen atoms in total. The predicted molar refractivity (Wildman–Crippen MR) is 81.5 cm³/mol. The molecular weight excluding hydrogens is 248 g/mol. The number of hydrogen-bond acceptors (Lipinski definition) is 3. The lowest BCUT2D eigenvalue weighted by atomic mass is 9.87. The van der Waals surface area contributed by atoms with Gasteiger partial charge in [0.15, 0.2) is 0 Å². The Hall–Kier alpha value is -0.900. The maximum absolute atomic E-state index is 5.87. The van der Waals surface area contributed by atoms with Gasteiger partial charge in [0.25, 0.3) is 0 Å². The molecule has 3 N–H and O–H groups in total. The second-order valence-electron chi connectivity index (χ2n) is 6.36. The number of nitrogens with two attached hydrogens (primary N) is 1. The SMILES string of the molecule is COC1(C(Cc2ccc3c(c2)CCC3)NN)CCCC1. The van der Waals surface area contributed by atoms with E-state index in [0.717, 1.165) is 19.3 Å². The molecule has 2 aliphatic carbocycles. The Balaban J connectivity index is 1.77. The summed E-state index contributed by atoms with van der Waals surface area (Å²) in [5.41, 5.74) is 7.41. The van der Waals surface area contributed by atoms with E-state index in [1.807, 2.05) is 7.11 Å². The molecule has 3 rings (SSSR count). The van der Waals surface area contributed by atoms with E-state index in [0.29, 0.717) is 0 Å². The van der Waals surface area contributed by atoms with Gasteiger partial charge in [-0.3, -0.25) is 11.3 Å². The summed E-state index contributed by atoms with van der Waals surface area (Å²) in [5.74, 6) is 5.84. The number of benzene rings is 1. The Morgan fingerprint density at radius 2 is 1.95 bits per heavy atom. The number of hydrogen-bond donors (Lipinski definition) is 2. The Morgan fingerprint density at radius 1 is 1.20 bits per heavy atom. The zero-order valence-electron chi connectivity index (χ0n) is 12.5. The van der Waals surface area contributed by atoms with Gasteiger partial charge in [-0.1, -0.05) is 31.0 Å². The fourth-order valence-electron chi connectivity index (χ4n) is 4.05. The van der Waals surface area contributed by atoms with Crippen molar-refractivity contribution in [1.82, 2.24) is 5.43 Å². The van der Waals surface area contributed by atoms with Gasteiger partial charge in [0, 0.05) is 7.11 Å². The number of rotatable bonds is 5. The summed E-state index contributed by atoms with van der Waals surface area (Å²) in [6, 6.07) is 7.16. The van der Waals surface area contributed by atoms with E-state index in [-0.39, 0.29) is 11.6 Å². The van der Waals surface area contributed by atoms with Crippen molar-refractivity contribution in [2.75, 3.05) is 7.11 Å². The Labute approximate surface area is 121 Å². The van der Waals surface area contributed by atoms with E-state index in [1.54, 1.807) is 0 Å². The van der Waals surface area contributed by atoms with Gasteiger partial charge in [-0.2, -0.15) is 0 Å². The second kappa shape index (κ2) is 5.84. The van der Waals surface area contributed by atoms with Crippen molar-refractivity contribution < 1.29 is 4.74 Å². The van der Waals surface area contributed by atoms with Gasteiger partial charge in [0.2, 0.25) is 0 Å². The number of aryl methyl sites for hydroxylation is 2. The minimum Gasteiger partial charge on any atom is -0.377 e. The van der Waals surface area contributed by atoms with Crippen LogP contribution in [0.2, 0.25) is 0 Å². The highest BCUT2D eigenvalue weighted by Crippen LogP contribution is 2.37. The number of nitrogens with one attached hydrogen (secondary N) is 1. The first-order chi connectivity index (χ1) is 9.77. The van der Waals surface area contributed by atoms with Crippen molar-refractivity contribution in [3.05, 3.63) is 34.9 Å². The Bertz CT molecular complexity index is 466. The van der Waals surface area contributed by atoms with Crippen molar-refractivity contribution in [1.29, 1.82) is 0 Å². The number of methoxy groups -OCH3 is 1. The number of ether oxygens (including phenoxy) is 1. The highest BCUT2D eigenvalue weighted by molar-refractivity contribution is 5.35. The highest BCUT2D eigenvalue weighted by atomic mass is 16.5. The molecule has 0 aliphatic heterocycles. The van der Waals surface area contributed by atoms with Crippen LogP contribution in [0.15, 0.2) is 18.2 Å². The highest BCUT2D eigenvalue weighted by Gasteiger charge is 2.41. The molecule has 1 atom stereocenters. The average molecular weight is 274 g/mol. The summed E-state index contributed by atoms with van der Waals surface area (Å²) < 4.78 is 5.87. The van der Waals surface area contributed by atoms with Crippen molar-refractivity contribution in [3.8, 4) is 0 Å². The van der Waals surface area contributed by atoms with Crippen molar-refractivity contribution in [2.45, 2.75) is 63.0 Å². The lowest BCUT2D eigenvalue weighted by molar-refractivity contribution is -0.0355. The van der Waals surface area contributed by atoms with Crippen LogP contribution < -0.4 is 11.3 Å². The van der Waals surface area contributed by atoms with Crippen molar-refractivity contribution in [3.63, 3.8) is 0 Å². The van der Waals surface area contributed by atoms with E-state index in [2.05, 4.69) is 23.6 Å². The van der Waals surface area contributed by atoms with Crippen LogP contribution >= 0.6 is 0 Å². The van der Waals surface area contributed by atoms with Crippen LogP contribution in [0.5, 0.6) is 0 Å². The largest absolute Gasteiger partial charge is 0.377 e. The smallest absolute Gasteiger partial charge is 0.0847 e. The Kier molecular flexibility index (Phi) is 4.11. The van der Waals surface area contributed by atoms with Crippen LogP contribution in [0.1, 0.15) is 48.8 Å². The summed E-state index contributed by atoms with van der Waals surface area (Å²) in [6.07, 6.45) is 9.46. The third kappa shape index (κ3) is 2.50. The molecule has 1 aromatic rings. The Morgan fingerprint density at radius 3 is 2.65 bits per heavy atom. The van der Waals surface area contributed by atoms with E-state index in [9.17, 15) is 0 Å². The lowest BCUT2D eigenvalue weighted by Gasteiger charge is -2.36. The molecule has 0 spiro atoms. The molecule has 1 saturated carbocycles. The zero-order valence-corrected chi connectivity index (χ0v) is 12.5. The van der Waals surface area contributed by atoms with E-state index in [1.165, 1.54) is 48.8 Å². The van der Waals surface area contributed by atoms with Crippen molar-refractivity contribution >= 4 is 0 Å². The fourth-order valence-corrected chi connectivity index (χ4v) is 4.05. The minimum absolute atomic E-state index is 0.0756. The summed E-state index contributed by atoms with van der Waals surface area (Å²) in [7, 11) is 1.83. The predicted octanol–water partition coefficient (Wildman–Crippen LogP) is 2.51. The summed E-state index contributed by atoms with van der Waals surface area (Å²) in [5, 5.41) is 0. The molecule has 1 unspecified atom stereocenters. The van der Waals surface area contributed by atoms with Gasteiger partial charge < -0.3 is 4.74 Å². The van der Waals surface area contributed by atoms with Gasteiger partial charge in [-0.25, -0.2) is 0 Å². The number of hydrazine groups is 1. The first-order valence-electron chi connectivity index (χ1n) is 7.89. The number of fused-ring (bicyclic) bond motifs is 1. The fraction of sp³-hybridized carbons (Fsp3) is 0.647. The van der Waals surface area contributed by atoms with Gasteiger partial charge in [-0.15, -0.1) is 0 Å². The standard InChI is InChI=1S/C17H26N2O/c1-20-17(9-2-3-10-17)16(19-18)12-13-7-8-14-5-4-6-15(14)11-13/h7-8,11,16,19H,2-6,9-10,12,18H2,1H3. The monoisotopic (exact) mass is 274 g/mol. The molecular formula is C17H26N2O. The topological polar surface area (TPSA) is 47.3 Å². The molecule has 1 fully saturated rings. The van der Waals surface area contributed by atoms with E-state index < -0.39 is 0 Å². The van der Waals surface area contributed by atoms with Crippen LogP contribution in [0.25, 0.3) is 0 Å². The zero-order chi connectivity index (χ0) is 14.0. The molecule has 20 heavy (non-hydrogen) atoms. The van der Waals surface area contributed by atoms with Gasteiger partial charge in [0.1, 0.15) is 0 Å².